The molecule has 1 aliphatic rings. The van der Waals surface area contributed by atoms with Crippen LogP contribution in [-0.2, 0) is 0 Å². The summed E-state index contributed by atoms with van der Waals surface area (Å²) < 4.78 is 39.5. The third kappa shape index (κ3) is 2.22. The van der Waals surface area contributed by atoms with Gasteiger partial charge in [0.05, 0.1) is 0 Å². The SMILES string of the molecule is CCC1CNCCN1c1n[c]c(F)c(F)c1F. The molecule has 1 aromatic heterocycles. The summed E-state index contributed by atoms with van der Waals surface area (Å²) >= 11 is 0. The van der Waals surface area contributed by atoms with Crippen molar-refractivity contribution < 1.29 is 13.2 Å². The lowest BCUT2D eigenvalue weighted by Crippen LogP contribution is -2.51. The lowest BCUT2D eigenvalue weighted by Gasteiger charge is -2.36. The third-order valence-electron chi connectivity index (χ3n) is 2.94. The molecule has 0 aliphatic carbocycles. The number of aromatic nitrogens is 1. The average molecular weight is 244 g/mol. The lowest BCUT2D eigenvalue weighted by atomic mass is 10.1. The molecule has 1 unspecified atom stereocenters. The Morgan fingerprint density at radius 2 is 2.18 bits per heavy atom. The van der Waals surface area contributed by atoms with Crippen molar-refractivity contribution in [1.82, 2.24) is 10.3 Å². The summed E-state index contributed by atoms with van der Waals surface area (Å²) in [6, 6.07) is 0.0315. The van der Waals surface area contributed by atoms with Crippen LogP contribution in [0, 0.1) is 23.6 Å². The molecule has 2 heterocycles. The van der Waals surface area contributed by atoms with Gasteiger partial charge in [-0.15, -0.1) is 0 Å². The van der Waals surface area contributed by atoms with Gasteiger partial charge in [-0.05, 0) is 6.42 Å². The molecule has 0 saturated carbocycles. The molecule has 1 saturated heterocycles. The number of hydrogen-bond acceptors (Lipinski definition) is 3. The van der Waals surface area contributed by atoms with Gasteiger partial charge in [0.25, 0.3) is 0 Å². The van der Waals surface area contributed by atoms with E-state index >= 15 is 0 Å². The van der Waals surface area contributed by atoms with Crippen molar-refractivity contribution in [2.45, 2.75) is 19.4 Å². The first-order chi connectivity index (χ1) is 8.15. The summed E-state index contributed by atoms with van der Waals surface area (Å²) in [7, 11) is 0. The van der Waals surface area contributed by atoms with Crippen molar-refractivity contribution in [1.29, 1.82) is 0 Å². The Balaban J connectivity index is 2.35. The van der Waals surface area contributed by atoms with Crippen LogP contribution in [0.5, 0.6) is 0 Å². The van der Waals surface area contributed by atoms with Gasteiger partial charge in [0.15, 0.2) is 11.6 Å². The Morgan fingerprint density at radius 1 is 1.41 bits per heavy atom. The molecule has 3 nitrogen and oxygen atoms in total. The summed E-state index contributed by atoms with van der Waals surface area (Å²) in [6.45, 7) is 3.81. The first-order valence-corrected chi connectivity index (χ1v) is 5.54. The van der Waals surface area contributed by atoms with E-state index in [1.165, 1.54) is 0 Å². The Labute approximate surface area is 97.6 Å². The van der Waals surface area contributed by atoms with Crippen LogP contribution in [0.3, 0.4) is 0 Å². The van der Waals surface area contributed by atoms with Crippen molar-refractivity contribution in [2.75, 3.05) is 24.5 Å². The topological polar surface area (TPSA) is 28.2 Å². The Morgan fingerprint density at radius 3 is 2.88 bits per heavy atom. The molecule has 0 spiro atoms. The molecular formula is C11H13F3N3. The highest BCUT2D eigenvalue weighted by Crippen LogP contribution is 2.23. The van der Waals surface area contributed by atoms with Gasteiger partial charge in [-0.2, -0.15) is 4.39 Å². The number of pyridine rings is 1. The number of nitrogens with zero attached hydrogens (tertiary/aromatic N) is 2. The minimum atomic E-state index is -1.51. The van der Waals surface area contributed by atoms with Gasteiger partial charge in [0.1, 0.15) is 6.20 Å². The van der Waals surface area contributed by atoms with Crippen LogP contribution >= 0.6 is 0 Å². The molecule has 0 amide bonds. The minimum Gasteiger partial charge on any atom is -0.349 e. The number of rotatable bonds is 2. The lowest BCUT2D eigenvalue weighted by molar-refractivity contribution is 0.419. The Kier molecular flexibility index (Phi) is 3.51. The molecule has 1 fully saturated rings. The van der Waals surface area contributed by atoms with E-state index in [0.29, 0.717) is 19.6 Å². The number of halogens is 3. The quantitative estimate of drug-likeness (QED) is 0.854. The van der Waals surface area contributed by atoms with Gasteiger partial charge >= 0.3 is 0 Å². The largest absolute Gasteiger partial charge is 0.349 e. The summed E-state index contributed by atoms with van der Waals surface area (Å²) in [5, 5.41) is 3.16. The highest BCUT2D eigenvalue weighted by atomic mass is 19.2. The fourth-order valence-corrected chi connectivity index (χ4v) is 1.99. The molecule has 1 aliphatic heterocycles. The van der Waals surface area contributed by atoms with Crippen molar-refractivity contribution >= 4 is 5.82 Å². The predicted octanol–water partition coefficient (Wildman–Crippen LogP) is 1.49. The molecule has 0 bridgehead atoms. The maximum atomic E-state index is 13.6. The van der Waals surface area contributed by atoms with E-state index in [9.17, 15) is 13.2 Å². The second kappa shape index (κ2) is 4.91. The normalized spacial score (nSPS) is 20.7. The van der Waals surface area contributed by atoms with E-state index < -0.39 is 17.5 Å². The number of anilines is 1. The van der Waals surface area contributed by atoms with E-state index in [2.05, 4.69) is 10.3 Å². The molecule has 1 atom stereocenters. The van der Waals surface area contributed by atoms with Crippen molar-refractivity contribution in [3.63, 3.8) is 0 Å². The van der Waals surface area contributed by atoms with Gasteiger partial charge in [-0.3, -0.25) is 0 Å². The zero-order chi connectivity index (χ0) is 12.4. The fraction of sp³-hybridized carbons (Fsp3) is 0.545. The Bertz CT molecular complexity index is 411. The molecule has 17 heavy (non-hydrogen) atoms. The van der Waals surface area contributed by atoms with Crippen LogP contribution in [0.2, 0.25) is 0 Å². The predicted molar refractivity (Wildman–Crippen MR) is 57.2 cm³/mol. The van der Waals surface area contributed by atoms with Crippen LogP contribution in [0.1, 0.15) is 13.3 Å². The second-order valence-electron chi connectivity index (χ2n) is 3.95. The summed E-state index contributed by atoms with van der Waals surface area (Å²) in [5.41, 5.74) is 0. The van der Waals surface area contributed by atoms with E-state index in [4.69, 9.17) is 0 Å². The van der Waals surface area contributed by atoms with Crippen molar-refractivity contribution in [3.8, 4) is 0 Å². The van der Waals surface area contributed by atoms with Crippen LogP contribution in [0.4, 0.5) is 19.0 Å². The standard InChI is InChI=1S/C11H13F3N3/c1-2-7-5-15-3-4-17(7)11-10(14)9(13)8(12)6-16-11/h7,15H,2-5H2,1H3. The first kappa shape index (κ1) is 12.2. The third-order valence-corrected chi connectivity index (χ3v) is 2.94. The van der Waals surface area contributed by atoms with Crippen molar-refractivity contribution in [3.05, 3.63) is 23.6 Å². The van der Waals surface area contributed by atoms with E-state index in [1.54, 1.807) is 4.90 Å². The minimum absolute atomic E-state index is 0.0315. The van der Waals surface area contributed by atoms with Gasteiger partial charge < -0.3 is 10.2 Å². The Hall–Kier alpha value is -1.30. The van der Waals surface area contributed by atoms with Gasteiger partial charge in [-0.1, -0.05) is 6.92 Å². The zero-order valence-electron chi connectivity index (χ0n) is 9.43. The van der Waals surface area contributed by atoms with E-state index in [-0.39, 0.29) is 11.9 Å². The molecule has 93 valence electrons. The maximum Gasteiger partial charge on any atom is 0.204 e. The summed E-state index contributed by atoms with van der Waals surface area (Å²) in [4.78, 5) is 5.20. The van der Waals surface area contributed by atoms with Crippen LogP contribution in [0.25, 0.3) is 0 Å². The smallest absolute Gasteiger partial charge is 0.204 e. The molecule has 6 heteroatoms. The number of piperazine rings is 1. The second-order valence-corrected chi connectivity index (χ2v) is 3.95. The molecule has 0 aromatic carbocycles. The van der Waals surface area contributed by atoms with E-state index in [0.717, 1.165) is 6.42 Å². The molecule has 1 aromatic rings. The number of hydrogen-bond donors (Lipinski definition) is 1. The molecular weight excluding hydrogens is 231 g/mol. The highest BCUT2D eigenvalue weighted by molar-refractivity contribution is 5.42. The first-order valence-electron chi connectivity index (χ1n) is 5.54. The molecule has 2 rings (SSSR count). The number of nitrogens with one attached hydrogen (secondary N) is 1. The molecule has 1 radical (unpaired) electrons. The van der Waals surface area contributed by atoms with Crippen molar-refractivity contribution in [2.24, 2.45) is 0 Å². The summed E-state index contributed by atoms with van der Waals surface area (Å²) in [5.74, 6) is -4.28. The zero-order valence-corrected chi connectivity index (χ0v) is 9.43. The molecule has 1 N–H and O–H groups in total. The van der Waals surface area contributed by atoms with Gasteiger partial charge in [0, 0.05) is 25.7 Å². The highest BCUT2D eigenvalue weighted by Gasteiger charge is 2.27. The van der Waals surface area contributed by atoms with Crippen LogP contribution in [0.15, 0.2) is 0 Å². The monoisotopic (exact) mass is 244 g/mol. The van der Waals surface area contributed by atoms with Gasteiger partial charge in [0.2, 0.25) is 11.6 Å². The van der Waals surface area contributed by atoms with Crippen LogP contribution < -0.4 is 10.2 Å². The van der Waals surface area contributed by atoms with E-state index in [1.807, 2.05) is 13.1 Å². The average Bonchev–Trinajstić information content (AvgIpc) is 2.36. The maximum absolute atomic E-state index is 13.6. The van der Waals surface area contributed by atoms with Gasteiger partial charge in [-0.25, -0.2) is 13.8 Å². The summed E-state index contributed by atoms with van der Waals surface area (Å²) in [6.07, 6.45) is 2.63. The fourth-order valence-electron chi connectivity index (χ4n) is 1.99. The van der Waals surface area contributed by atoms with Crippen LogP contribution in [-0.4, -0.2) is 30.7 Å².